The first-order chi connectivity index (χ1) is 14.6. The van der Waals surface area contributed by atoms with Crippen molar-refractivity contribution in [1.82, 2.24) is 9.88 Å². The van der Waals surface area contributed by atoms with Crippen LogP contribution in [0.4, 0.5) is 5.13 Å². The summed E-state index contributed by atoms with van der Waals surface area (Å²) in [5.74, 6) is 2.01. The number of aryl methyl sites for hydroxylation is 2. The first kappa shape index (κ1) is 20.8. The van der Waals surface area contributed by atoms with Crippen molar-refractivity contribution in [3.05, 3.63) is 41.3 Å². The topological polar surface area (TPSA) is 68.0 Å². The number of thiazole rings is 1. The van der Waals surface area contributed by atoms with Crippen LogP contribution in [0.15, 0.2) is 28.7 Å². The summed E-state index contributed by atoms with van der Waals surface area (Å²) in [4.78, 5) is 22.4. The Morgan fingerprint density at radius 3 is 2.80 bits per heavy atom. The molecule has 1 saturated heterocycles. The van der Waals surface area contributed by atoms with Crippen LogP contribution >= 0.6 is 11.3 Å². The number of nitrogens with zero attached hydrogens (tertiary/aromatic N) is 3. The van der Waals surface area contributed by atoms with Gasteiger partial charge in [-0.25, -0.2) is 4.98 Å². The maximum atomic E-state index is 13.5. The SMILES string of the molecule is CCOc1cccc2sc(N(CCN3CCOCC3)C(=O)c3cc(C)oc3C)nc12. The number of morpholine rings is 1. The lowest BCUT2D eigenvalue weighted by molar-refractivity contribution is 0.0391. The molecule has 3 aromatic rings. The van der Waals surface area contributed by atoms with E-state index < -0.39 is 0 Å². The van der Waals surface area contributed by atoms with Crippen molar-refractivity contribution in [3.8, 4) is 5.75 Å². The van der Waals surface area contributed by atoms with E-state index in [0.717, 1.165) is 54.6 Å². The third kappa shape index (κ3) is 4.35. The summed E-state index contributed by atoms with van der Waals surface area (Å²) in [7, 11) is 0. The van der Waals surface area contributed by atoms with Gasteiger partial charge in [-0.3, -0.25) is 14.6 Å². The van der Waals surface area contributed by atoms with Crippen molar-refractivity contribution in [2.24, 2.45) is 0 Å². The predicted octanol–water partition coefficient (Wildman–Crippen LogP) is 3.88. The minimum atomic E-state index is -0.0883. The molecular weight excluding hydrogens is 402 g/mol. The minimum Gasteiger partial charge on any atom is -0.492 e. The molecule has 0 atom stereocenters. The molecule has 30 heavy (non-hydrogen) atoms. The predicted molar refractivity (Wildman–Crippen MR) is 118 cm³/mol. The van der Waals surface area contributed by atoms with Gasteiger partial charge in [0.2, 0.25) is 0 Å². The van der Waals surface area contributed by atoms with Crippen LogP contribution in [0.25, 0.3) is 10.2 Å². The summed E-state index contributed by atoms with van der Waals surface area (Å²) < 4.78 is 17.8. The van der Waals surface area contributed by atoms with Crippen molar-refractivity contribution in [2.45, 2.75) is 20.8 Å². The smallest absolute Gasteiger partial charge is 0.263 e. The highest BCUT2D eigenvalue weighted by molar-refractivity contribution is 7.22. The fraction of sp³-hybridized carbons (Fsp3) is 0.455. The van der Waals surface area contributed by atoms with Crippen molar-refractivity contribution in [2.75, 3.05) is 50.9 Å². The van der Waals surface area contributed by atoms with Crippen LogP contribution in [0.2, 0.25) is 0 Å². The van der Waals surface area contributed by atoms with Crippen molar-refractivity contribution >= 4 is 32.6 Å². The second-order valence-corrected chi connectivity index (χ2v) is 8.28. The van der Waals surface area contributed by atoms with E-state index in [2.05, 4.69) is 4.90 Å². The number of ether oxygens (including phenoxy) is 2. The number of furan rings is 1. The molecule has 1 fully saturated rings. The lowest BCUT2D eigenvalue weighted by Gasteiger charge is -2.29. The molecule has 0 unspecified atom stereocenters. The van der Waals surface area contributed by atoms with E-state index in [0.29, 0.717) is 29.6 Å². The van der Waals surface area contributed by atoms with E-state index in [-0.39, 0.29) is 5.91 Å². The Hall–Kier alpha value is -2.42. The van der Waals surface area contributed by atoms with Gasteiger partial charge >= 0.3 is 0 Å². The Labute approximate surface area is 180 Å². The quantitative estimate of drug-likeness (QED) is 0.568. The molecule has 1 aromatic carbocycles. The molecule has 0 saturated carbocycles. The normalized spacial score (nSPS) is 14.9. The van der Waals surface area contributed by atoms with E-state index in [4.69, 9.17) is 18.9 Å². The number of para-hydroxylation sites is 1. The van der Waals surface area contributed by atoms with Crippen LogP contribution in [0.5, 0.6) is 5.75 Å². The number of carbonyl (C=O) groups excluding carboxylic acids is 1. The van der Waals surface area contributed by atoms with Crippen LogP contribution in [0, 0.1) is 13.8 Å². The van der Waals surface area contributed by atoms with Crippen LogP contribution in [-0.4, -0.2) is 61.8 Å². The number of amides is 1. The Balaban J connectivity index is 1.67. The van der Waals surface area contributed by atoms with Gasteiger partial charge in [0.05, 0.1) is 30.1 Å². The van der Waals surface area contributed by atoms with Crippen molar-refractivity contribution in [3.63, 3.8) is 0 Å². The molecule has 0 aliphatic carbocycles. The highest BCUT2D eigenvalue weighted by Crippen LogP contribution is 2.35. The van der Waals surface area contributed by atoms with Gasteiger partial charge in [0.15, 0.2) is 5.13 Å². The van der Waals surface area contributed by atoms with Gasteiger partial charge < -0.3 is 13.9 Å². The Morgan fingerprint density at radius 2 is 2.10 bits per heavy atom. The zero-order valence-corrected chi connectivity index (χ0v) is 18.5. The molecule has 1 aliphatic rings. The minimum absolute atomic E-state index is 0.0883. The average Bonchev–Trinajstić information content (AvgIpc) is 3.32. The van der Waals surface area contributed by atoms with Crippen LogP contribution < -0.4 is 9.64 Å². The van der Waals surface area contributed by atoms with Crippen molar-refractivity contribution in [1.29, 1.82) is 0 Å². The third-order valence-electron chi connectivity index (χ3n) is 5.16. The molecular formula is C22H27N3O4S. The number of anilines is 1. The van der Waals surface area contributed by atoms with E-state index in [9.17, 15) is 4.79 Å². The summed E-state index contributed by atoms with van der Waals surface area (Å²) in [5, 5.41) is 0.675. The number of aromatic nitrogens is 1. The number of fused-ring (bicyclic) bond motifs is 1. The highest BCUT2D eigenvalue weighted by Gasteiger charge is 2.26. The molecule has 4 rings (SSSR count). The van der Waals surface area contributed by atoms with E-state index >= 15 is 0 Å². The van der Waals surface area contributed by atoms with Gasteiger partial charge in [-0.15, -0.1) is 0 Å². The number of hydrogen-bond acceptors (Lipinski definition) is 7. The second kappa shape index (κ2) is 9.16. The van der Waals surface area contributed by atoms with E-state index in [1.807, 2.05) is 39.0 Å². The van der Waals surface area contributed by atoms with Gasteiger partial charge in [0.1, 0.15) is 22.8 Å². The summed E-state index contributed by atoms with van der Waals surface area (Å²) >= 11 is 1.51. The van der Waals surface area contributed by atoms with Gasteiger partial charge in [0, 0.05) is 26.2 Å². The second-order valence-electron chi connectivity index (χ2n) is 7.27. The molecule has 0 radical (unpaired) electrons. The maximum absolute atomic E-state index is 13.5. The largest absolute Gasteiger partial charge is 0.492 e. The summed E-state index contributed by atoms with van der Waals surface area (Å²) in [5.41, 5.74) is 1.38. The monoisotopic (exact) mass is 429 g/mol. The highest BCUT2D eigenvalue weighted by atomic mass is 32.1. The standard InChI is InChI=1S/C22H27N3O4S/c1-4-28-18-6-5-7-19-20(18)23-22(30-19)25(9-8-24-10-12-27-13-11-24)21(26)17-14-15(2)29-16(17)3/h5-7,14H,4,8-13H2,1-3H3. The van der Waals surface area contributed by atoms with Crippen LogP contribution in [0.1, 0.15) is 28.8 Å². The third-order valence-corrected chi connectivity index (χ3v) is 6.21. The van der Waals surface area contributed by atoms with Gasteiger partial charge in [-0.2, -0.15) is 0 Å². The summed E-state index contributed by atoms with van der Waals surface area (Å²) in [6, 6.07) is 7.69. The number of carbonyl (C=O) groups is 1. The fourth-order valence-corrected chi connectivity index (χ4v) is 4.65. The average molecular weight is 430 g/mol. The molecule has 1 amide bonds. The number of rotatable bonds is 7. The lowest BCUT2D eigenvalue weighted by Crippen LogP contribution is -2.43. The van der Waals surface area contributed by atoms with Crippen molar-refractivity contribution < 1.29 is 18.7 Å². The van der Waals surface area contributed by atoms with E-state index in [1.165, 1.54) is 11.3 Å². The Kier molecular flexibility index (Phi) is 6.36. The summed E-state index contributed by atoms with van der Waals surface area (Å²) in [6.07, 6.45) is 0. The van der Waals surface area contributed by atoms with Crippen LogP contribution in [-0.2, 0) is 4.74 Å². The van der Waals surface area contributed by atoms with Crippen LogP contribution in [0.3, 0.4) is 0 Å². The molecule has 160 valence electrons. The molecule has 1 aliphatic heterocycles. The number of benzene rings is 1. The zero-order valence-electron chi connectivity index (χ0n) is 17.6. The molecule has 7 nitrogen and oxygen atoms in total. The van der Waals surface area contributed by atoms with Gasteiger partial charge in [0.25, 0.3) is 5.91 Å². The van der Waals surface area contributed by atoms with Gasteiger partial charge in [-0.1, -0.05) is 17.4 Å². The summed E-state index contributed by atoms with van der Waals surface area (Å²) in [6.45, 7) is 10.7. The maximum Gasteiger partial charge on any atom is 0.263 e. The Bertz CT molecular complexity index is 1020. The molecule has 8 heteroatoms. The fourth-order valence-electron chi connectivity index (χ4n) is 3.64. The lowest BCUT2D eigenvalue weighted by atomic mass is 10.2. The van der Waals surface area contributed by atoms with E-state index in [1.54, 1.807) is 11.0 Å². The Morgan fingerprint density at radius 1 is 1.30 bits per heavy atom. The number of hydrogen-bond donors (Lipinski definition) is 0. The van der Waals surface area contributed by atoms with Gasteiger partial charge in [-0.05, 0) is 39.0 Å². The molecule has 0 N–H and O–H groups in total. The molecule has 0 bridgehead atoms. The molecule has 3 heterocycles. The first-order valence-corrected chi connectivity index (χ1v) is 11.1. The molecule has 2 aromatic heterocycles. The first-order valence-electron chi connectivity index (χ1n) is 10.3. The molecule has 0 spiro atoms. The zero-order chi connectivity index (χ0) is 21.1.